The summed E-state index contributed by atoms with van der Waals surface area (Å²) >= 11 is 0. The Hall–Kier alpha value is -0.720. The van der Waals surface area contributed by atoms with E-state index in [0.29, 0.717) is 0 Å². The molecule has 1 heteroatoms. The minimum absolute atomic E-state index is 1.25. The fourth-order valence-electron chi connectivity index (χ4n) is 0.227. The van der Waals surface area contributed by atoms with Gasteiger partial charge in [-0.3, -0.25) is 0 Å². The Balaban J connectivity index is 0. The predicted octanol–water partition coefficient (Wildman–Crippen LogP) is 4.11. The van der Waals surface area contributed by atoms with Gasteiger partial charge in [0.05, 0.1) is 12.5 Å². The molecular weight excluding hydrogens is 136 g/mol. The van der Waals surface area contributed by atoms with Gasteiger partial charge in [0.2, 0.25) is 0 Å². The summed E-state index contributed by atoms with van der Waals surface area (Å²) in [5.74, 6) is 0. The van der Waals surface area contributed by atoms with Crippen molar-refractivity contribution in [2.45, 2.75) is 40.5 Å². The van der Waals surface area contributed by atoms with E-state index in [1.807, 2.05) is 12.1 Å². The van der Waals surface area contributed by atoms with Gasteiger partial charge in [-0.05, 0) is 12.1 Å². The molecule has 0 aliphatic carbocycles. The van der Waals surface area contributed by atoms with Gasteiger partial charge >= 0.3 is 0 Å². The van der Waals surface area contributed by atoms with Crippen molar-refractivity contribution in [3.8, 4) is 0 Å². The summed E-state index contributed by atoms with van der Waals surface area (Å²) in [7, 11) is 0. The fourth-order valence-corrected chi connectivity index (χ4v) is 0.227. The summed E-state index contributed by atoms with van der Waals surface area (Å²) < 4.78 is 4.58. The van der Waals surface area contributed by atoms with E-state index in [1.165, 1.54) is 12.8 Å². The lowest BCUT2D eigenvalue weighted by molar-refractivity contribution is 0.567. The zero-order chi connectivity index (χ0) is 8.95. The first kappa shape index (κ1) is 12.9. The van der Waals surface area contributed by atoms with E-state index in [0.717, 1.165) is 0 Å². The molecule has 1 aromatic rings. The molecule has 0 unspecified atom stereocenters. The maximum Gasteiger partial charge on any atom is 0.0902 e. The van der Waals surface area contributed by atoms with E-state index in [4.69, 9.17) is 0 Å². The molecule has 0 aromatic carbocycles. The molecule has 0 atom stereocenters. The largest absolute Gasteiger partial charge is 0.473 e. The monoisotopic (exact) mass is 156 g/mol. The maximum atomic E-state index is 4.58. The van der Waals surface area contributed by atoms with Gasteiger partial charge in [0.1, 0.15) is 0 Å². The van der Waals surface area contributed by atoms with Crippen LogP contribution in [0.3, 0.4) is 0 Å². The van der Waals surface area contributed by atoms with E-state index >= 15 is 0 Å². The summed E-state index contributed by atoms with van der Waals surface area (Å²) in [6, 6.07) is 3.67. The molecule has 0 bridgehead atoms. The van der Waals surface area contributed by atoms with Crippen LogP contribution in [0.2, 0.25) is 0 Å². The summed E-state index contributed by atoms with van der Waals surface area (Å²) in [6.45, 7) is 8.50. The van der Waals surface area contributed by atoms with Crippen LogP contribution < -0.4 is 0 Å². The van der Waals surface area contributed by atoms with Crippen LogP contribution >= 0.6 is 0 Å². The van der Waals surface area contributed by atoms with Gasteiger partial charge in [-0.1, -0.05) is 40.5 Å². The summed E-state index contributed by atoms with van der Waals surface area (Å²) in [5, 5.41) is 0. The molecule has 0 radical (unpaired) electrons. The highest BCUT2D eigenvalue weighted by atomic mass is 16.3. The lowest BCUT2D eigenvalue weighted by Crippen LogP contribution is -1.27. The Morgan fingerprint density at radius 2 is 1.09 bits per heavy atom. The second-order valence-corrected chi connectivity index (χ2v) is 2.21. The minimum atomic E-state index is 1.25. The van der Waals surface area contributed by atoms with Crippen molar-refractivity contribution < 1.29 is 4.42 Å². The highest BCUT2D eigenvalue weighted by molar-refractivity contribution is 4.79. The minimum Gasteiger partial charge on any atom is -0.473 e. The normalized spacial score (nSPS) is 6.91. The van der Waals surface area contributed by atoms with Crippen LogP contribution in [0.4, 0.5) is 0 Å². The highest BCUT2D eigenvalue weighted by Crippen LogP contribution is 1.79. The molecule has 0 N–H and O–H groups in total. The molecule has 1 heterocycles. The fraction of sp³-hybridized carbons (Fsp3) is 0.600. The lowest BCUT2D eigenvalue weighted by atomic mass is 10.6. The standard InChI is InChI=1S/C4H4O.2C3H8/c1-2-4-5-3-1;2*1-3-2/h1-4H;2*3H2,1-2H3. The topological polar surface area (TPSA) is 13.1 Å². The molecule has 0 spiro atoms. The zero-order valence-electron chi connectivity index (χ0n) is 8.13. The first-order valence-corrected chi connectivity index (χ1v) is 4.30. The Morgan fingerprint density at radius 3 is 1.18 bits per heavy atom. The maximum absolute atomic E-state index is 4.58. The van der Waals surface area contributed by atoms with Gasteiger partial charge in [0, 0.05) is 0 Å². The van der Waals surface area contributed by atoms with Gasteiger partial charge < -0.3 is 4.42 Å². The van der Waals surface area contributed by atoms with Crippen LogP contribution in [0.1, 0.15) is 40.5 Å². The van der Waals surface area contributed by atoms with E-state index < -0.39 is 0 Å². The van der Waals surface area contributed by atoms with Crippen molar-refractivity contribution in [2.75, 3.05) is 0 Å². The molecule has 1 aromatic heterocycles. The molecule has 0 saturated heterocycles. The average Bonchev–Trinajstić information content (AvgIpc) is 2.44. The summed E-state index contributed by atoms with van der Waals surface area (Å²) in [5.41, 5.74) is 0. The molecule has 11 heavy (non-hydrogen) atoms. The van der Waals surface area contributed by atoms with Gasteiger partial charge in [0.15, 0.2) is 0 Å². The summed E-state index contributed by atoms with van der Waals surface area (Å²) in [6.07, 6.45) is 5.75. The third-order valence-electron chi connectivity index (χ3n) is 0.425. The van der Waals surface area contributed by atoms with Gasteiger partial charge in [-0.15, -0.1) is 0 Å². The molecule has 0 amide bonds. The van der Waals surface area contributed by atoms with Crippen LogP contribution in [0.15, 0.2) is 29.1 Å². The second kappa shape index (κ2) is 16.1. The van der Waals surface area contributed by atoms with Crippen molar-refractivity contribution in [2.24, 2.45) is 0 Å². The van der Waals surface area contributed by atoms with E-state index in [2.05, 4.69) is 32.1 Å². The highest BCUT2D eigenvalue weighted by Gasteiger charge is 1.58. The SMILES string of the molecule is CCC.CCC.c1ccoc1. The second-order valence-electron chi connectivity index (χ2n) is 2.21. The summed E-state index contributed by atoms with van der Waals surface area (Å²) in [4.78, 5) is 0. The number of furan rings is 1. The Bertz CT molecular complexity index is 80.4. The van der Waals surface area contributed by atoms with Crippen molar-refractivity contribution in [1.29, 1.82) is 0 Å². The first-order valence-electron chi connectivity index (χ1n) is 4.30. The van der Waals surface area contributed by atoms with Gasteiger partial charge in [-0.2, -0.15) is 0 Å². The third-order valence-corrected chi connectivity index (χ3v) is 0.425. The number of rotatable bonds is 0. The van der Waals surface area contributed by atoms with Crippen molar-refractivity contribution in [1.82, 2.24) is 0 Å². The molecule has 1 nitrogen and oxygen atoms in total. The zero-order valence-corrected chi connectivity index (χ0v) is 8.13. The van der Waals surface area contributed by atoms with Gasteiger partial charge in [0.25, 0.3) is 0 Å². The smallest absolute Gasteiger partial charge is 0.0902 e. The average molecular weight is 156 g/mol. The van der Waals surface area contributed by atoms with Crippen molar-refractivity contribution >= 4 is 0 Å². The molecule has 66 valence electrons. The molecule has 1 rings (SSSR count). The first-order chi connectivity index (χ1) is 5.33. The molecule has 0 saturated carbocycles. The van der Waals surface area contributed by atoms with E-state index in [9.17, 15) is 0 Å². The van der Waals surface area contributed by atoms with Crippen LogP contribution in [-0.4, -0.2) is 0 Å². The third kappa shape index (κ3) is 26.8. The quantitative estimate of drug-likeness (QED) is 0.551. The van der Waals surface area contributed by atoms with E-state index in [1.54, 1.807) is 12.5 Å². The Morgan fingerprint density at radius 1 is 0.818 bits per heavy atom. The van der Waals surface area contributed by atoms with Crippen LogP contribution in [0.5, 0.6) is 0 Å². The van der Waals surface area contributed by atoms with Crippen molar-refractivity contribution in [3.63, 3.8) is 0 Å². The van der Waals surface area contributed by atoms with Crippen molar-refractivity contribution in [3.05, 3.63) is 24.7 Å². The molecule has 0 aliphatic heterocycles. The lowest BCUT2D eigenvalue weighted by Gasteiger charge is -1.50. The predicted molar refractivity (Wildman–Crippen MR) is 50.6 cm³/mol. The van der Waals surface area contributed by atoms with Crippen LogP contribution in [-0.2, 0) is 0 Å². The molecule has 0 aliphatic rings. The number of hydrogen-bond acceptors (Lipinski definition) is 1. The Kier molecular flexibility index (Phi) is 18.9. The molecule has 0 fully saturated rings. The number of hydrogen-bond donors (Lipinski definition) is 0. The molecular formula is C10H20O. The van der Waals surface area contributed by atoms with Crippen LogP contribution in [0.25, 0.3) is 0 Å². The van der Waals surface area contributed by atoms with Crippen LogP contribution in [0, 0.1) is 0 Å². The Labute approximate surface area is 70.4 Å². The van der Waals surface area contributed by atoms with E-state index in [-0.39, 0.29) is 0 Å². The van der Waals surface area contributed by atoms with Gasteiger partial charge in [-0.25, -0.2) is 0 Å².